The Balaban J connectivity index is 4.68. The average molecular weight is 187 g/mol. The summed E-state index contributed by atoms with van der Waals surface area (Å²) in [6.07, 6.45) is 1.11. The zero-order valence-corrected chi connectivity index (χ0v) is 8.83. The minimum absolute atomic E-state index is 0.0533. The largest absolute Gasteiger partial charge is 0.383 e. The van der Waals surface area contributed by atoms with E-state index >= 15 is 0 Å². The zero-order chi connectivity index (χ0) is 10.4. The molecule has 0 heterocycles. The molecule has 0 unspecified atom stereocenters. The van der Waals surface area contributed by atoms with Gasteiger partial charge in [-0.3, -0.25) is 4.79 Å². The van der Waals surface area contributed by atoms with Crippen molar-refractivity contribution in [1.82, 2.24) is 4.90 Å². The maximum atomic E-state index is 11.2. The molecule has 0 spiro atoms. The lowest BCUT2D eigenvalue weighted by Crippen LogP contribution is -2.23. The zero-order valence-electron chi connectivity index (χ0n) is 8.83. The summed E-state index contributed by atoms with van der Waals surface area (Å²) in [7, 11) is 6.68. The van der Waals surface area contributed by atoms with Gasteiger partial charge < -0.3 is 14.4 Å². The molecule has 0 aromatic rings. The molecule has 0 bridgehead atoms. The minimum atomic E-state index is -0.583. The first-order valence-electron chi connectivity index (χ1n) is 3.97. The van der Waals surface area contributed by atoms with E-state index in [1.807, 2.05) is 14.1 Å². The molecule has 0 rings (SSSR count). The number of ether oxygens (including phenoxy) is 2. The highest BCUT2D eigenvalue weighted by molar-refractivity contribution is 5.93. The van der Waals surface area contributed by atoms with Crippen LogP contribution in [0, 0.1) is 0 Å². The maximum Gasteiger partial charge on any atom is 0.187 e. The molecule has 0 aliphatic heterocycles. The molecule has 0 fully saturated rings. The standard InChI is InChI=1S/C9H17NO3/c1-7(11)8(6-10(2)3)9(12-4)13-5/h6,9H,1-5H3/b8-6+. The van der Waals surface area contributed by atoms with E-state index < -0.39 is 6.29 Å². The van der Waals surface area contributed by atoms with Gasteiger partial charge in [0.05, 0.1) is 5.57 Å². The first-order valence-corrected chi connectivity index (χ1v) is 3.97. The number of carbonyl (C=O) groups is 1. The maximum absolute atomic E-state index is 11.2. The van der Waals surface area contributed by atoms with Gasteiger partial charge in [-0.25, -0.2) is 0 Å². The first kappa shape index (κ1) is 12.1. The van der Waals surface area contributed by atoms with Crippen LogP contribution in [0.5, 0.6) is 0 Å². The molecule has 4 heteroatoms. The highest BCUT2D eigenvalue weighted by Gasteiger charge is 2.16. The Morgan fingerprint density at radius 2 is 1.77 bits per heavy atom. The number of Topliss-reactive ketones (excluding diaryl/α,β-unsaturated/α-hetero) is 1. The van der Waals surface area contributed by atoms with Crippen LogP contribution >= 0.6 is 0 Å². The summed E-state index contributed by atoms with van der Waals surface area (Å²) in [6.45, 7) is 1.49. The Hall–Kier alpha value is -0.870. The van der Waals surface area contributed by atoms with Crippen molar-refractivity contribution in [3.63, 3.8) is 0 Å². The molecule has 0 aliphatic rings. The van der Waals surface area contributed by atoms with E-state index in [1.54, 1.807) is 11.1 Å². The van der Waals surface area contributed by atoms with Crippen molar-refractivity contribution < 1.29 is 14.3 Å². The van der Waals surface area contributed by atoms with Crippen molar-refractivity contribution in [2.45, 2.75) is 13.2 Å². The number of methoxy groups -OCH3 is 2. The summed E-state index contributed by atoms with van der Waals surface area (Å²) in [5, 5.41) is 0. The summed E-state index contributed by atoms with van der Waals surface area (Å²) in [4.78, 5) is 13.0. The summed E-state index contributed by atoms with van der Waals surface area (Å²) in [5.41, 5.74) is 0.509. The monoisotopic (exact) mass is 187 g/mol. The molecule has 0 amide bonds. The third-order valence-electron chi connectivity index (χ3n) is 1.49. The molecule has 0 saturated carbocycles. The lowest BCUT2D eigenvalue weighted by Gasteiger charge is -2.17. The van der Waals surface area contributed by atoms with Gasteiger partial charge in [0, 0.05) is 34.5 Å². The fraction of sp³-hybridized carbons (Fsp3) is 0.667. The van der Waals surface area contributed by atoms with Crippen molar-refractivity contribution in [3.05, 3.63) is 11.8 Å². The molecular formula is C9H17NO3. The minimum Gasteiger partial charge on any atom is -0.383 e. The molecule has 0 N–H and O–H groups in total. The Morgan fingerprint density at radius 3 is 2.00 bits per heavy atom. The molecule has 0 saturated heterocycles. The summed E-state index contributed by atoms with van der Waals surface area (Å²) < 4.78 is 9.97. The Kier molecular flexibility index (Phi) is 5.34. The Morgan fingerprint density at radius 1 is 1.31 bits per heavy atom. The molecule has 0 aromatic heterocycles. The number of carbonyl (C=O) groups excluding carboxylic acids is 1. The number of ketones is 1. The van der Waals surface area contributed by atoms with Crippen LogP contribution in [0.2, 0.25) is 0 Å². The van der Waals surface area contributed by atoms with Crippen molar-refractivity contribution >= 4 is 5.78 Å². The molecule has 0 radical (unpaired) electrons. The predicted molar refractivity (Wildman–Crippen MR) is 50.3 cm³/mol. The van der Waals surface area contributed by atoms with Gasteiger partial charge in [-0.05, 0) is 6.92 Å². The van der Waals surface area contributed by atoms with E-state index in [9.17, 15) is 4.79 Å². The van der Waals surface area contributed by atoms with Crippen LogP contribution in [0.1, 0.15) is 6.92 Å². The van der Waals surface area contributed by atoms with Crippen LogP contribution in [-0.2, 0) is 14.3 Å². The van der Waals surface area contributed by atoms with Crippen LogP contribution < -0.4 is 0 Å². The summed E-state index contributed by atoms with van der Waals surface area (Å²) >= 11 is 0. The average Bonchev–Trinajstić information content (AvgIpc) is 2.04. The molecule has 0 aliphatic carbocycles. The van der Waals surface area contributed by atoms with Crippen LogP contribution in [0.15, 0.2) is 11.8 Å². The number of hydrogen-bond acceptors (Lipinski definition) is 4. The van der Waals surface area contributed by atoms with Crippen LogP contribution in [-0.4, -0.2) is 45.3 Å². The van der Waals surface area contributed by atoms with Crippen LogP contribution in [0.3, 0.4) is 0 Å². The Bertz CT molecular complexity index is 195. The second-order valence-electron chi connectivity index (χ2n) is 2.91. The van der Waals surface area contributed by atoms with Gasteiger partial charge in [0.15, 0.2) is 12.1 Å². The fourth-order valence-electron chi connectivity index (χ4n) is 0.946. The van der Waals surface area contributed by atoms with Crippen molar-refractivity contribution in [2.24, 2.45) is 0 Å². The molecular weight excluding hydrogens is 170 g/mol. The normalized spacial score (nSPS) is 12.0. The highest BCUT2D eigenvalue weighted by atomic mass is 16.7. The summed E-state index contributed by atoms with van der Waals surface area (Å²) in [5.74, 6) is -0.0533. The van der Waals surface area contributed by atoms with Crippen molar-refractivity contribution in [3.8, 4) is 0 Å². The molecule has 0 atom stereocenters. The molecule has 0 aromatic carbocycles. The van der Waals surface area contributed by atoms with E-state index in [0.717, 1.165) is 0 Å². The number of rotatable bonds is 5. The third kappa shape index (κ3) is 4.05. The summed E-state index contributed by atoms with van der Waals surface area (Å²) in [6, 6.07) is 0. The molecule has 13 heavy (non-hydrogen) atoms. The number of nitrogens with zero attached hydrogens (tertiary/aromatic N) is 1. The van der Waals surface area contributed by atoms with Gasteiger partial charge >= 0.3 is 0 Å². The first-order chi connectivity index (χ1) is 6.02. The molecule has 76 valence electrons. The predicted octanol–water partition coefficient (Wildman–Crippen LogP) is 0.640. The second kappa shape index (κ2) is 5.72. The van der Waals surface area contributed by atoms with Gasteiger partial charge in [-0.1, -0.05) is 0 Å². The van der Waals surface area contributed by atoms with E-state index in [2.05, 4.69) is 0 Å². The van der Waals surface area contributed by atoms with Gasteiger partial charge in [-0.15, -0.1) is 0 Å². The highest BCUT2D eigenvalue weighted by Crippen LogP contribution is 2.08. The third-order valence-corrected chi connectivity index (χ3v) is 1.49. The van der Waals surface area contributed by atoms with Crippen molar-refractivity contribution in [1.29, 1.82) is 0 Å². The van der Waals surface area contributed by atoms with Crippen LogP contribution in [0.25, 0.3) is 0 Å². The van der Waals surface area contributed by atoms with E-state index in [4.69, 9.17) is 9.47 Å². The number of hydrogen-bond donors (Lipinski definition) is 0. The van der Waals surface area contributed by atoms with E-state index in [0.29, 0.717) is 5.57 Å². The second-order valence-corrected chi connectivity index (χ2v) is 2.91. The SMILES string of the molecule is COC(OC)/C(=C/N(C)C)C(C)=O. The Labute approximate surface area is 79.1 Å². The van der Waals surface area contributed by atoms with E-state index in [1.165, 1.54) is 21.1 Å². The topological polar surface area (TPSA) is 38.8 Å². The lowest BCUT2D eigenvalue weighted by atomic mass is 10.2. The van der Waals surface area contributed by atoms with Gasteiger partial charge in [0.2, 0.25) is 0 Å². The van der Waals surface area contributed by atoms with Gasteiger partial charge in [-0.2, -0.15) is 0 Å². The smallest absolute Gasteiger partial charge is 0.187 e. The quantitative estimate of drug-likeness (QED) is 0.467. The fourth-order valence-corrected chi connectivity index (χ4v) is 0.946. The van der Waals surface area contributed by atoms with E-state index in [-0.39, 0.29) is 5.78 Å². The van der Waals surface area contributed by atoms with Gasteiger partial charge in [0.25, 0.3) is 0 Å². The lowest BCUT2D eigenvalue weighted by molar-refractivity contribution is -0.121. The van der Waals surface area contributed by atoms with Crippen LogP contribution in [0.4, 0.5) is 0 Å². The molecule has 4 nitrogen and oxygen atoms in total. The van der Waals surface area contributed by atoms with Gasteiger partial charge in [0.1, 0.15) is 0 Å². The van der Waals surface area contributed by atoms with Crippen molar-refractivity contribution in [2.75, 3.05) is 28.3 Å².